The van der Waals surface area contributed by atoms with Gasteiger partial charge in [0, 0.05) is 10.3 Å². The van der Waals surface area contributed by atoms with Crippen molar-refractivity contribution in [1.82, 2.24) is 9.97 Å². The molecule has 96 valence electrons. The minimum atomic E-state index is 0.549. The van der Waals surface area contributed by atoms with Crippen molar-refractivity contribution in [1.29, 1.82) is 0 Å². The number of hydrogen-bond acceptors (Lipinski definition) is 4. The number of rotatable bonds is 1. The van der Waals surface area contributed by atoms with Crippen molar-refractivity contribution in [2.24, 2.45) is 0 Å². The predicted octanol–water partition coefficient (Wildman–Crippen LogP) is 3.87. The number of fused-ring (bicyclic) bond motifs is 1. The standard InChI is InChI=1S/C15H15N3S/c1-8-5-4-6-11-13(8)17-15(18-14(11)16)12-7-9(2)10(3)19-12/h4-7H,1-3H3,(H2,16,17,18). The molecule has 0 amide bonds. The molecule has 1 aromatic carbocycles. The van der Waals surface area contributed by atoms with Crippen molar-refractivity contribution in [3.63, 3.8) is 0 Å². The summed E-state index contributed by atoms with van der Waals surface area (Å²) in [6.45, 7) is 6.26. The Hall–Kier alpha value is -1.94. The Labute approximate surface area is 116 Å². The van der Waals surface area contributed by atoms with E-state index in [1.54, 1.807) is 11.3 Å². The molecule has 4 heteroatoms. The van der Waals surface area contributed by atoms with Crippen molar-refractivity contribution < 1.29 is 0 Å². The minimum absolute atomic E-state index is 0.549. The lowest BCUT2D eigenvalue weighted by atomic mass is 10.1. The molecule has 3 aromatic rings. The molecule has 19 heavy (non-hydrogen) atoms. The molecular weight excluding hydrogens is 254 g/mol. The van der Waals surface area contributed by atoms with Crippen molar-refractivity contribution in [3.8, 4) is 10.7 Å². The number of hydrogen-bond donors (Lipinski definition) is 1. The fourth-order valence-electron chi connectivity index (χ4n) is 2.11. The summed E-state index contributed by atoms with van der Waals surface area (Å²) in [5, 5.41) is 0.925. The van der Waals surface area contributed by atoms with Crippen LogP contribution in [-0.4, -0.2) is 9.97 Å². The predicted molar refractivity (Wildman–Crippen MR) is 81.5 cm³/mol. The van der Waals surface area contributed by atoms with Gasteiger partial charge >= 0.3 is 0 Å². The van der Waals surface area contributed by atoms with Gasteiger partial charge in [-0.05, 0) is 44.0 Å². The largest absolute Gasteiger partial charge is 0.383 e. The van der Waals surface area contributed by atoms with Gasteiger partial charge in [0.15, 0.2) is 5.82 Å². The normalized spacial score (nSPS) is 11.1. The summed E-state index contributed by atoms with van der Waals surface area (Å²) >= 11 is 1.71. The molecule has 2 N–H and O–H groups in total. The van der Waals surface area contributed by atoms with Crippen LogP contribution in [0.3, 0.4) is 0 Å². The Bertz CT molecular complexity index is 755. The summed E-state index contributed by atoms with van der Waals surface area (Å²) in [4.78, 5) is 11.5. The maximum Gasteiger partial charge on any atom is 0.172 e. The van der Waals surface area contributed by atoms with Crippen LogP contribution in [0.15, 0.2) is 24.3 Å². The first-order chi connectivity index (χ1) is 9.06. The third kappa shape index (κ3) is 1.98. The van der Waals surface area contributed by atoms with Crippen molar-refractivity contribution in [2.45, 2.75) is 20.8 Å². The Morgan fingerprint density at radius 3 is 2.53 bits per heavy atom. The number of para-hydroxylation sites is 1. The fourth-order valence-corrected chi connectivity index (χ4v) is 3.08. The van der Waals surface area contributed by atoms with Gasteiger partial charge in [0.05, 0.1) is 10.4 Å². The summed E-state index contributed by atoms with van der Waals surface area (Å²) in [5.41, 5.74) is 9.39. The fraction of sp³-hybridized carbons (Fsp3) is 0.200. The molecule has 0 radical (unpaired) electrons. The van der Waals surface area contributed by atoms with E-state index >= 15 is 0 Å². The lowest BCUT2D eigenvalue weighted by molar-refractivity contribution is 1.23. The molecule has 3 rings (SSSR count). The molecule has 0 fully saturated rings. The van der Waals surface area contributed by atoms with Crippen LogP contribution in [0, 0.1) is 20.8 Å². The highest BCUT2D eigenvalue weighted by atomic mass is 32.1. The van der Waals surface area contributed by atoms with E-state index in [-0.39, 0.29) is 0 Å². The minimum Gasteiger partial charge on any atom is -0.383 e. The Balaban J connectivity index is 2.28. The maximum atomic E-state index is 6.06. The van der Waals surface area contributed by atoms with Crippen LogP contribution in [0.4, 0.5) is 5.82 Å². The highest BCUT2D eigenvalue weighted by Crippen LogP contribution is 2.31. The van der Waals surface area contributed by atoms with E-state index in [2.05, 4.69) is 29.9 Å². The van der Waals surface area contributed by atoms with Crippen molar-refractivity contribution in [2.75, 3.05) is 5.73 Å². The van der Waals surface area contributed by atoms with E-state index in [1.807, 2.05) is 25.1 Å². The molecule has 2 heterocycles. The summed E-state index contributed by atoms with van der Waals surface area (Å²) in [5.74, 6) is 1.27. The molecule has 0 aliphatic rings. The van der Waals surface area contributed by atoms with Crippen LogP contribution in [0.1, 0.15) is 16.0 Å². The number of benzene rings is 1. The van der Waals surface area contributed by atoms with Gasteiger partial charge in [-0.2, -0.15) is 0 Å². The topological polar surface area (TPSA) is 51.8 Å². The van der Waals surface area contributed by atoms with E-state index in [4.69, 9.17) is 5.73 Å². The lowest BCUT2D eigenvalue weighted by Crippen LogP contribution is -1.98. The molecule has 0 saturated heterocycles. The quantitative estimate of drug-likeness (QED) is 0.729. The molecule has 0 saturated carbocycles. The first-order valence-corrected chi connectivity index (χ1v) is 6.98. The second-order valence-electron chi connectivity index (χ2n) is 4.75. The maximum absolute atomic E-state index is 6.06. The van der Waals surface area contributed by atoms with Gasteiger partial charge in [0.1, 0.15) is 5.82 Å². The number of anilines is 1. The Morgan fingerprint density at radius 1 is 1.05 bits per heavy atom. The molecule has 2 aromatic heterocycles. The molecule has 0 bridgehead atoms. The molecule has 0 aliphatic carbocycles. The Kier molecular flexibility index (Phi) is 2.75. The summed E-state index contributed by atoms with van der Waals surface area (Å²) in [6, 6.07) is 8.12. The van der Waals surface area contributed by atoms with Crippen LogP contribution >= 0.6 is 11.3 Å². The van der Waals surface area contributed by atoms with Gasteiger partial charge in [-0.3, -0.25) is 0 Å². The monoisotopic (exact) mass is 269 g/mol. The molecule has 0 aliphatic heterocycles. The third-order valence-corrected chi connectivity index (χ3v) is 4.49. The van der Waals surface area contributed by atoms with Crippen LogP contribution in [0.25, 0.3) is 21.6 Å². The third-order valence-electron chi connectivity index (χ3n) is 3.34. The van der Waals surface area contributed by atoms with E-state index in [1.165, 1.54) is 10.4 Å². The summed E-state index contributed by atoms with van der Waals surface area (Å²) in [6.07, 6.45) is 0. The average molecular weight is 269 g/mol. The number of aromatic nitrogens is 2. The second kappa shape index (κ2) is 4.31. The number of nitrogen functional groups attached to an aromatic ring is 1. The zero-order valence-electron chi connectivity index (χ0n) is 11.2. The Morgan fingerprint density at radius 2 is 1.84 bits per heavy atom. The molecule has 0 atom stereocenters. The highest BCUT2D eigenvalue weighted by Gasteiger charge is 2.11. The van der Waals surface area contributed by atoms with Gasteiger partial charge in [-0.1, -0.05) is 12.1 Å². The first-order valence-electron chi connectivity index (χ1n) is 6.16. The van der Waals surface area contributed by atoms with Gasteiger partial charge in [0.2, 0.25) is 0 Å². The SMILES string of the molecule is Cc1cc(-c2nc(N)c3cccc(C)c3n2)sc1C. The average Bonchev–Trinajstić information content (AvgIpc) is 2.71. The first kappa shape index (κ1) is 12.1. The van der Waals surface area contributed by atoms with Crippen LogP contribution < -0.4 is 5.73 Å². The van der Waals surface area contributed by atoms with Crippen LogP contribution in [0.2, 0.25) is 0 Å². The smallest absolute Gasteiger partial charge is 0.172 e. The van der Waals surface area contributed by atoms with Gasteiger partial charge < -0.3 is 5.73 Å². The zero-order valence-corrected chi connectivity index (χ0v) is 12.0. The van der Waals surface area contributed by atoms with Gasteiger partial charge in [-0.15, -0.1) is 11.3 Å². The van der Waals surface area contributed by atoms with Crippen LogP contribution in [-0.2, 0) is 0 Å². The number of nitrogens with zero attached hydrogens (tertiary/aromatic N) is 2. The second-order valence-corrected chi connectivity index (χ2v) is 6.01. The number of nitrogens with two attached hydrogens (primary N) is 1. The van der Waals surface area contributed by atoms with E-state index < -0.39 is 0 Å². The summed E-state index contributed by atoms with van der Waals surface area (Å²) < 4.78 is 0. The van der Waals surface area contributed by atoms with E-state index in [0.717, 1.165) is 27.2 Å². The zero-order chi connectivity index (χ0) is 13.6. The van der Waals surface area contributed by atoms with E-state index in [9.17, 15) is 0 Å². The van der Waals surface area contributed by atoms with Gasteiger partial charge in [0.25, 0.3) is 0 Å². The lowest BCUT2D eigenvalue weighted by Gasteiger charge is -2.06. The van der Waals surface area contributed by atoms with Crippen molar-refractivity contribution >= 4 is 28.1 Å². The summed E-state index contributed by atoms with van der Waals surface area (Å²) in [7, 11) is 0. The molecular formula is C15H15N3S. The van der Waals surface area contributed by atoms with Gasteiger partial charge in [-0.25, -0.2) is 9.97 Å². The van der Waals surface area contributed by atoms with Crippen LogP contribution in [0.5, 0.6) is 0 Å². The number of aryl methyl sites for hydroxylation is 3. The molecule has 3 nitrogen and oxygen atoms in total. The highest BCUT2D eigenvalue weighted by molar-refractivity contribution is 7.15. The van der Waals surface area contributed by atoms with Crippen molar-refractivity contribution in [3.05, 3.63) is 40.3 Å². The number of thiophene rings is 1. The molecule has 0 spiro atoms. The molecule has 0 unspecified atom stereocenters. The van der Waals surface area contributed by atoms with E-state index in [0.29, 0.717) is 5.82 Å².